The summed E-state index contributed by atoms with van der Waals surface area (Å²) in [4.78, 5) is 10.5. The predicted molar refractivity (Wildman–Crippen MR) is 197 cm³/mol. The summed E-state index contributed by atoms with van der Waals surface area (Å²) < 4.78 is 8.37. The second-order valence-corrected chi connectivity index (χ2v) is 12.2. The monoisotopic (exact) mass is 613 g/mol. The van der Waals surface area contributed by atoms with Crippen molar-refractivity contribution in [1.82, 2.24) is 14.5 Å². The number of furan rings is 1. The Bertz CT molecular complexity index is 2770. The highest BCUT2D eigenvalue weighted by Crippen LogP contribution is 2.40. The van der Waals surface area contributed by atoms with E-state index in [2.05, 4.69) is 144 Å². The molecule has 0 fully saturated rings. The average Bonchev–Trinajstić information content (AvgIpc) is 3.70. The Morgan fingerprint density at radius 2 is 0.979 bits per heavy atom. The molecule has 3 heterocycles. The minimum Gasteiger partial charge on any atom is -0.456 e. The van der Waals surface area contributed by atoms with E-state index in [-0.39, 0.29) is 0 Å². The highest BCUT2D eigenvalue weighted by Gasteiger charge is 2.19. The second kappa shape index (κ2) is 10.5. The molecule has 0 atom stereocenters. The first-order chi connectivity index (χ1) is 23.8. The Balaban J connectivity index is 1.26. The molecular formula is C44H27N3O. The fraction of sp³-hybridized carbons (Fsp3) is 0. The van der Waals surface area contributed by atoms with Crippen molar-refractivity contribution in [1.29, 1.82) is 0 Å². The molecule has 10 aromatic rings. The molecule has 10 rings (SSSR count). The molecule has 224 valence electrons. The number of nitrogens with zero attached hydrogens (tertiary/aromatic N) is 3. The lowest BCUT2D eigenvalue weighted by atomic mass is 9.99. The van der Waals surface area contributed by atoms with Gasteiger partial charge in [-0.05, 0) is 64.4 Å². The molecule has 0 spiro atoms. The summed E-state index contributed by atoms with van der Waals surface area (Å²) in [5.41, 5.74) is 10.1. The Labute approximate surface area is 276 Å². The highest BCUT2D eigenvalue weighted by molar-refractivity contribution is 6.22. The fourth-order valence-corrected chi connectivity index (χ4v) is 7.14. The van der Waals surface area contributed by atoms with Gasteiger partial charge < -0.3 is 4.42 Å². The molecule has 0 amide bonds. The molecule has 0 radical (unpaired) electrons. The molecule has 4 heteroatoms. The summed E-state index contributed by atoms with van der Waals surface area (Å²) in [5.74, 6) is 0.643. The van der Waals surface area contributed by atoms with Crippen LogP contribution in [0.25, 0.3) is 94.1 Å². The normalized spacial score (nSPS) is 11.8. The van der Waals surface area contributed by atoms with Gasteiger partial charge in [0.15, 0.2) is 0 Å². The minimum absolute atomic E-state index is 0.643. The summed E-state index contributed by atoms with van der Waals surface area (Å²) in [5, 5.41) is 7.00. The summed E-state index contributed by atoms with van der Waals surface area (Å²) in [6.45, 7) is 0. The van der Waals surface area contributed by atoms with Crippen molar-refractivity contribution in [2.75, 3.05) is 0 Å². The van der Waals surface area contributed by atoms with Gasteiger partial charge in [0.05, 0.1) is 22.4 Å². The Kier molecular flexibility index (Phi) is 5.84. The van der Waals surface area contributed by atoms with Crippen LogP contribution in [0, 0.1) is 0 Å². The van der Waals surface area contributed by atoms with Gasteiger partial charge in [0.25, 0.3) is 0 Å². The van der Waals surface area contributed by atoms with Gasteiger partial charge in [0.2, 0.25) is 5.95 Å². The van der Waals surface area contributed by atoms with E-state index in [1.807, 2.05) is 24.3 Å². The number of rotatable bonds is 4. The maximum absolute atomic E-state index is 6.14. The van der Waals surface area contributed by atoms with E-state index in [9.17, 15) is 0 Å². The van der Waals surface area contributed by atoms with Crippen LogP contribution in [0.5, 0.6) is 0 Å². The van der Waals surface area contributed by atoms with E-state index in [1.54, 1.807) is 0 Å². The van der Waals surface area contributed by atoms with Gasteiger partial charge in [-0.25, -0.2) is 9.97 Å². The molecule has 0 bridgehead atoms. The van der Waals surface area contributed by atoms with E-state index in [0.29, 0.717) is 5.95 Å². The molecule has 0 unspecified atom stereocenters. The lowest BCUT2D eigenvalue weighted by molar-refractivity contribution is 0.669. The summed E-state index contributed by atoms with van der Waals surface area (Å²) in [6.07, 6.45) is 0. The number of benzene rings is 7. The lowest BCUT2D eigenvalue weighted by Gasteiger charge is -2.12. The van der Waals surface area contributed by atoms with Gasteiger partial charge in [-0.2, -0.15) is 0 Å². The summed E-state index contributed by atoms with van der Waals surface area (Å²) >= 11 is 0. The van der Waals surface area contributed by atoms with Crippen LogP contribution in [-0.4, -0.2) is 14.5 Å². The largest absolute Gasteiger partial charge is 0.456 e. The van der Waals surface area contributed by atoms with E-state index >= 15 is 0 Å². The summed E-state index contributed by atoms with van der Waals surface area (Å²) in [6, 6.07) is 57.3. The first-order valence-electron chi connectivity index (χ1n) is 16.2. The summed E-state index contributed by atoms with van der Waals surface area (Å²) in [7, 11) is 0. The zero-order valence-electron chi connectivity index (χ0n) is 25.8. The van der Waals surface area contributed by atoms with Crippen LogP contribution in [-0.2, 0) is 0 Å². The SMILES string of the molecule is c1ccc(-c2cc(-c3ccccc3)nc(-n3c4ccc(-c5ccc6oc7ccccc7c6c5)cc4c4c5ccccc5ccc43)n2)cc1. The third-order valence-corrected chi connectivity index (χ3v) is 9.42. The molecule has 0 aliphatic heterocycles. The number of hydrogen-bond donors (Lipinski definition) is 0. The van der Waals surface area contributed by atoms with Crippen molar-refractivity contribution in [2.24, 2.45) is 0 Å². The van der Waals surface area contributed by atoms with Gasteiger partial charge in [0, 0.05) is 32.7 Å². The van der Waals surface area contributed by atoms with E-state index in [0.717, 1.165) is 72.0 Å². The number of aromatic nitrogens is 3. The molecule has 4 nitrogen and oxygen atoms in total. The zero-order chi connectivity index (χ0) is 31.6. The topological polar surface area (TPSA) is 43.9 Å². The van der Waals surface area contributed by atoms with Gasteiger partial charge in [-0.3, -0.25) is 4.57 Å². The van der Waals surface area contributed by atoms with Crippen molar-refractivity contribution in [3.8, 4) is 39.6 Å². The standard InChI is InChI=1S/C44H27N3O/c1-3-12-29(13-4-1)37-27-38(30-14-5-2-6-15-30)46-44(45-37)47-39-22-20-31(26-36(39)43-33-16-8-7-11-28(33)19-23-40(43)47)32-21-24-42-35(25-32)34-17-9-10-18-41(34)48-42/h1-27H. The van der Waals surface area contributed by atoms with Crippen molar-refractivity contribution in [2.45, 2.75) is 0 Å². The molecule has 0 aliphatic carbocycles. The van der Waals surface area contributed by atoms with Crippen molar-refractivity contribution < 1.29 is 4.42 Å². The van der Waals surface area contributed by atoms with Crippen LogP contribution < -0.4 is 0 Å². The number of hydrogen-bond acceptors (Lipinski definition) is 3. The van der Waals surface area contributed by atoms with Crippen LogP contribution in [0.1, 0.15) is 0 Å². The van der Waals surface area contributed by atoms with Gasteiger partial charge in [-0.15, -0.1) is 0 Å². The van der Waals surface area contributed by atoms with Gasteiger partial charge >= 0.3 is 0 Å². The number of fused-ring (bicyclic) bond motifs is 8. The molecular weight excluding hydrogens is 587 g/mol. The van der Waals surface area contributed by atoms with Gasteiger partial charge in [0.1, 0.15) is 11.2 Å². The van der Waals surface area contributed by atoms with E-state index in [4.69, 9.17) is 14.4 Å². The Morgan fingerprint density at radius 3 is 1.73 bits per heavy atom. The molecule has 0 saturated heterocycles. The highest BCUT2D eigenvalue weighted by atomic mass is 16.3. The van der Waals surface area contributed by atoms with Crippen molar-refractivity contribution >= 4 is 54.5 Å². The maximum Gasteiger partial charge on any atom is 0.235 e. The molecule has 7 aromatic carbocycles. The molecule has 0 aliphatic rings. The smallest absolute Gasteiger partial charge is 0.235 e. The van der Waals surface area contributed by atoms with E-state index < -0.39 is 0 Å². The zero-order valence-corrected chi connectivity index (χ0v) is 25.8. The van der Waals surface area contributed by atoms with Crippen LogP contribution >= 0.6 is 0 Å². The minimum atomic E-state index is 0.643. The van der Waals surface area contributed by atoms with Crippen LogP contribution in [0.15, 0.2) is 168 Å². The molecule has 3 aromatic heterocycles. The fourth-order valence-electron chi connectivity index (χ4n) is 7.14. The third kappa shape index (κ3) is 4.16. The first-order valence-corrected chi connectivity index (χ1v) is 16.2. The first kappa shape index (κ1) is 26.7. The van der Waals surface area contributed by atoms with Gasteiger partial charge in [-0.1, -0.05) is 121 Å². The maximum atomic E-state index is 6.14. The van der Waals surface area contributed by atoms with Crippen LogP contribution in [0.2, 0.25) is 0 Å². The molecule has 0 saturated carbocycles. The Morgan fingerprint density at radius 1 is 0.396 bits per heavy atom. The van der Waals surface area contributed by atoms with Crippen LogP contribution in [0.4, 0.5) is 0 Å². The quantitative estimate of drug-likeness (QED) is 0.198. The van der Waals surface area contributed by atoms with Crippen molar-refractivity contribution in [3.05, 3.63) is 164 Å². The molecule has 0 N–H and O–H groups in total. The molecule has 48 heavy (non-hydrogen) atoms. The predicted octanol–water partition coefficient (Wildman–Crippen LogP) is 11.6. The van der Waals surface area contributed by atoms with E-state index in [1.165, 1.54) is 16.2 Å². The third-order valence-electron chi connectivity index (χ3n) is 9.42. The second-order valence-electron chi connectivity index (χ2n) is 12.2. The Hall–Kier alpha value is -6.52. The lowest BCUT2D eigenvalue weighted by Crippen LogP contribution is -2.04. The van der Waals surface area contributed by atoms with Crippen molar-refractivity contribution in [3.63, 3.8) is 0 Å². The average molecular weight is 614 g/mol. The number of para-hydroxylation sites is 1. The van der Waals surface area contributed by atoms with Crippen LogP contribution in [0.3, 0.4) is 0 Å².